The number of pyridine rings is 1. The molecular weight excluding hydrogens is 342 g/mol. The molecule has 2 amide bonds. The molecule has 0 spiro atoms. The van der Waals surface area contributed by atoms with Crippen LogP contribution in [0.2, 0.25) is 0 Å². The van der Waals surface area contributed by atoms with Crippen LogP contribution in [0.5, 0.6) is 0 Å². The maximum Gasteiger partial charge on any atom is 0.253 e. The summed E-state index contributed by atoms with van der Waals surface area (Å²) in [6.45, 7) is 3.89. The van der Waals surface area contributed by atoms with Crippen molar-refractivity contribution in [3.8, 4) is 0 Å². The first-order valence-electron chi connectivity index (χ1n) is 8.60. The van der Waals surface area contributed by atoms with Crippen LogP contribution in [0.1, 0.15) is 40.9 Å². The van der Waals surface area contributed by atoms with E-state index in [-0.39, 0.29) is 18.4 Å². The van der Waals surface area contributed by atoms with Crippen molar-refractivity contribution in [2.45, 2.75) is 26.8 Å². The first-order valence-corrected chi connectivity index (χ1v) is 8.60. The summed E-state index contributed by atoms with van der Waals surface area (Å²) in [4.78, 5) is 27.1. The molecule has 0 unspecified atom stereocenters. The molecule has 0 saturated heterocycles. The Morgan fingerprint density at radius 1 is 1.00 bits per heavy atom. The lowest BCUT2D eigenvalue weighted by molar-refractivity contribution is -0.119. The van der Waals surface area contributed by atoms with Crippen LogP contribution in [-0.2, 0) is 17.8 Å². The summed E-state index contributed by atoms with van der Waals surface area (Å²) in [5.41, 5.74) is 8.46. The number of benzene rings is 1. The van der Waals surface area contributed by atoms with Gasteiger partial charge in [-0.25, -0.2) is 0 Å². The third-order valence-electron chi connectivity index (χ3n) is 3.54. The van der Waals surface area contributed by atoms with Crippen molar-refractivity contribution < 1.29 is 9.59 Å². The van der Waals surface area contributed by atoms with Crippen LogP contribution in [0.25, 0.3) is 0 Å². The van der Waals surface area contributed by atoms with E-state index in [0.29, 0.717) is 24.2 Å². The van der Waals surface area contributed by atoms with Gasteiger partial charge in [0.25, 0.3) is 5.91 Å². The minimum atomic E-state index is -0.230. The SMILES string of the molecule is CC(=N)CNC(=O)c1cncc(Cc2ccc(CNC(C)=O)cc2)c1.CN. The van der Waals surface area contributed by atoms with Crippen molar-refractivity contribution >= 4 is 17.5 Å². The van der Waals surface area contributed by atoms with Crippen molar-refractivity contribution in [3.05, 3.63) is 65.0 Å². The van der Waals surface area contributed by atoms with Crippen LogP contribution < -0.4 is 16.4 Å². The molecule has 1 heterocycles. The van der Waals surface area contributed by atoms with Gasteiger partial charge in [0, 0.05) is 31.6 Å². The zero-order valence-electron chi connectivity index (χ0n) is 16.0. The van der Waals surface area contributed by atoms with E-state index in [1.807, 2.05) is 30.3 Å². The van der Waals surface area contributed by atoms with Gasteiger partial charge in [-0.1, -0.05) is 24.3 Å². The number of nitrogens with two attached hydrogens (primary N) is 1. The standard InChI is InChI=1S/C19H22N4O2.CH5N/c1-13(20)9-23-19(25)18-8-17(10-21-12-18)7-15-3-5-16(6-4-15)11-22-14(2)24;1-2/h3-6,8,10,12,20H,7,9,11H2,1-2H3,(H,22,24)(H,23,25);2H2,1H3. The molecule has 0 aliphatic rings. The van der Waals surface area contributed by atoms with Crippen LogP contribution >= 0.6 is 0 Å². The molecule has 0 saturated carbocycles. The normalized spacial score (nSPS) is 9.63. The van der Waals surface area contributed by atoms with E-state index in [1.54, 1.807) is 13.1 Å². The van der Waals surface area contributed by atoms with E-state index in [9.17, 15) is 9.59 Å². The average Bonchev–Trinajstić information content (AvgIpc) is 2.67. The molecule has 0 aliphatic carbocycles. The molecule has 7 heteroatoms. The summed E-state index contributed by atoms with van der Waals surface area (Å²) in [6.07, 6.45) is 3.93. The zero-order chi connectivity index (χ0) is 20.2. The van der Waals surface area contributed by atoms with Gasteiger partial charge < -0.3 is 21.8 Å². The Labute approximate surface area is 159 Å². The molecule has 1 aromatic heterocycles. The lowest BCUT2D eigenvalue weighted by Crippen LogP contribution is -2.28. The highest BCUT2D eigenvalue weighted by atomic mass is 16.2. The quantitative estimate of drug-likeness (QED) is 0.555. The molecule has 2 aromatic rings. The molecule has 0 atom stereocenters. The van der Waals surface area contributed by atoms with Crippen molar-refractivity contribution in [2.24, 2.45) is 5.73 Å². The van der Waals surface area contributed by atoms with Gasteiger partial charge in [0.05, 0.1) is 12.1 Å². The third-order valence-corrected chi connectivity index (χ3v) is 3.54. The van der Waals surface area contributed by atoms with Crippen molar-refractivity contribution in [1.29, 1.82) is 5.41 Å². The third kappa shape index (κ3) is 8.24. The van der Waals surface area contributed by atoms with Crippen molar-refractivity contribution in [1.82, 2.24) is 15.6 Å². The lowest BCUT2D eigenvalue weighted by atomic mass is 10.0. The maximum absolute atomic E-state index is 12.0. The van der Waals surface area contributed by atoms with E-state index in [4.69, 9.17) is 5.41 Å². The predicted octanol–water partition coefficient (Wildman–Crippen LogP) is 1.65. The number of aromatic nitrogens is 1. The largest absolute Gasteiger partial charge is 0.352 e. The molecule has 0 radical (unpaired) electrons. The van der Waals surface area contributed by atoms with E-state index in [0.717, 1.165) is 16.7 Å². The van der Waals surface area contributed by atoms with Gasteiger partial charge in [-0.15, -0.1) is 0 Å². The molecular formula is C20H27N5O2. The smallest absolute Gasteiger partial charge is 0.253 e. The fraction of sp³-hybridized carbons (Fsp3) is 0.300. The number of hydrogen-bond donors (Lipinski definition) is 4. The second kappa shape index (κ2) is 11.5. The molecule has 1 aromatic carbocycles. The van der Waals surface area contributed by atoms with Gasteiger partial charge in [-0.3, -0.25) is 14.6 Å². The minimum Gasteiger partial charge on any atom is -0.352 e. The van der Waals surface area contributed by atoms with E-state index >= 15 is 0 Å². The zero-order valence-corrected chi connectivity index (χ0v) is 16.0. The molecule has 144 valence electrons. The summed E-state index contributed by atoms with van der Waals surface area (Å²) in [5, 5.41) is 12.8. The number of carbonyl (C=O) groups excluding carboxylic acids is 2. The molecule has 0 aliphatic heterocycles. The summed E-state index contributed by atoms with van der Waals surface area (Å²) in [7, 11) is 1.50. The molecule has 0 bridgehead atoms. The monoisotopic (exact) mass is 369 g/mol. The Balaban J connectivity index is 0.00000176. The van der Waals surface area contributed by atoms with Crippen LogP contribution in [-0.4, -0.2) is 36.1 Å². The Hall–Kier alpha value is -3.06. The Morgan fingerprint density at radius 3 is 2.22 bits per heavy atom. The topological polar surface area (TPSA) is 121 Å². The van der Waals surface area contributed by atoms with Crippen LogP contribution in [0.15, 0.2) is 42.7 Å². The van der Waals surface area contributed by atoms with Crippen LogP contribution in [0.3, 0.4) is 0 Å². The maximum atomic E-state index is 12.0. The average molecular weight is 369 g/mol. The lowest BCUT2D eigenvalue weighted by Gasteiger charge is -2.07. The molecule has 27 heavy (non-hydrogen) atoms. The number of hydrogen-bond acceptors (Lipinski definition) is 5. The van der Waals surface area contributed by atoms with E-state index < -0.39 is 0 Å². The molecule has 2 rings (SSSR count). The fourth-order valence-electron chi connectivity index (χ4n) is 2.26. The van der Waals surface area contributed by atoms with Crippen LogP contribution in [0, 0.1) is 5.41 Å². The van der Waals surface area contributed by atoms with Gasteiger partial charge in [-0.2, -0.15) is 0 Å². The number of nitrogens with one attached hydrogen (secondary N) is 3. The molecule has 7 nitrogen and oxygen atoms in total. The predicted molar refractivity (Wildman–Crippen MR) is 107 cm³/mol. The summed E-state index contributed by atoms with van der Waals surface area (Å²) in [5.74, 6) is -0.282. The minimum absolute atomic E-state index is 0.0524. The van der Waals surface area contributed by atoms with Crippen molar-refractivity contribution in [3.63, 3.8) is 0 Å². The Kier molecular flexibility index (Phi) is 9.39. The summed E-state index contributed by atoms with van der Waals surface area (Å²) in [6, 6.07) is 9.77. The van der Waals surface area contributed by atoms with E-state index in [2.05, 4.69) is 21.4 Å². The fourth-order valence-corrected chi connectivity index (χ4v) is 2.26. The van der Waals surface area contributed by atoms with Gasteiger partial charge in [0.2, 0.25) is 5.91 Å². The van der Waals surface area contributed by atoms with Gasteiger partial charge in [0.15, 0.2) is 0 Å². The highest BCUT2D eigenvalue weighted by Gasteiger charge is 2.07. The molecule has 0 fully saturated rings. The van der Waals surface area contributed by atoms with Gasteiger partial charge >= 0.3 is 0 Å². The number of rotatable bonds is 7. The molecule has 5 N–H and O–H groups in total. The number of amides is 2. The Morgan fingerprint density at radius 2 is 1.63 bits per heavy atom. The Bertz CT molecular complexity index is 772. The summed E-state index contributed by atoms with van der Waals surface area (Å²) < 4.78 is 0. The number of nitrogens with zero attached hydrogens (tertiary/aromatic N) is 1. The van der Waals surface area contributed by atoms with Crippen LogP contribution in [0.4, 0.5) is 0 Å². The van der Waals surface area contributed by atoms with Crippen molar-refractivity contribution in [2.75, 3.05) is 13.6 Å². The second-order valence-corrected chi connectivity index (χ2v) is 5.95. The second-order valence-electron chi connectivity index (χ2n) is 5.95. The van der Waals surface area contributed by atoms with Gasteiger partial charge in [0.1, 0.15) is 0 Å². The number of carbonyl (C=O) groups is 2. The summed E-state index contributed by atoms with van der Waals surface area (Å²) >= 11 is 0. The highest BCUT2D eigenvalue weighted by molar-refractivity contribution is 5.96. The van der Waals surface area contributed by atoms with E-state index in [1.165, 1.54) is 20.2 Å². The first kappa shape index (κ1) is 22.0. The van der Waals surface area contributed by atoms with Gasteiger partial charge in [-0.05, 0) is 43.1 Å². The highest BCUT2D eigenvalue weighted by Crippen LogP contribution is 2.12. The first-order chi connectivity index (χ1) is 12.9.